The Hall–Kier alpha value is -1.00. The van der Waals surface area contributed by atoms with Crippen molar-refractivity contribution in [3.8, 4) is 0 Å². The van der Waals surface area contributed by atoms with Gasteiger partial charge in [-0.25, -0.2) is 0 Å². The number of hydrogen-bond acceptors (Lipinski definition) is 2. The van der Waals surface area contributed by atoms with Crippen molar-refractivity contribution in [3.63, 3.8) is 0 Å². The summed E-state index contributed by atoms with van der Waals surface area (Å²) in [7, 11) is 0. The molecule has 2 rings (SSSR count). The highest BCUT2D eigenvalue weighted by atomic mass is 35.5. The predicted octanol–water partition coefficient (Wildman–Crippen LogP) is 1.71. The molecule has 1 fully saturated rings. The molecule has 0 saturated carbocycles. The summed E-state index contributed by atoms with van der Waals surface area (Å²) in [5.74, 6) is -0.0569. The van der Waals surface area contributed by atoms with E-state index in [1.165, 1.54) is 0 Å². The summed E-state index contributed by atoms with van der Waals surface area (Å²) in [5, 5.41) is 6.94. The van der Waals surface area contributed by atoms with Crippen LogP contribution in [0, 0.1) is 0 Å². The minimum absolute atomic E-state index is 0.0569. The summed E-state index contributed by atoms with van der Waals surface area (Å²) in [6.07, 6.45) is 2.78. The van der Waals surface area contributed by atoms with Crippen molar-refractivity contribution in [2.45, 2.75) is 32.2 Å². The van der Waals surface area contributed by atoms with Crippen molar-refractivity contribution in [1.29, 1.82) is 0 Å². The second-order valence-electron chi connectivity index (χ2n) is 4.36. The molecule has 0 aliphatic carbocycles. The highest BCUT2D eigenvalue weighted by Gasteiger charge is 2.18. The number of aromatic amines is 1. The van der Waals surface area contributed by atoms with Gasteiger partial charge in [0.15, 0.2) is 0 Å². The Labute approximate surface area is 106 Å². The van der Waals surface area contributed by atoms with Crippen LogP contribution in [0.3, 0.4) is 0 Å². The number of carbonyl (C=O) groups is 1. The first-order chi connectivity index (χ1) is 8.20. The van der Waals surface area contributed by atoms with Crippen LogP contribution < -0.4 is 10.6 Å². The quantitative estimate of drug-likeness (QED) is 0.770. The lowest BCUT2D eigenvalue weighted by atomic mass is 10.1. The zero-order valence-electron chi connectivity index (χ0n) is 9.98. The van der Waals surface area contributed by atoms with Crippen LogP contribution in [-0.4, -0.2) is 30.0 Å². The Balaban J connectivity index is 1.98. The first kappa shape index (κ1) is 12.5. The van der Waals surface area contributed by atoms with E-state index in [1.807, 2.05) is 6.92 Å². The lowest BCUT2D eigenvalue weighted by molar-refractivity contribution is 0.0925. The number of carbonyl (C=O) groups excluding carboxylic acids is 1. The molecular weight excluding hydrogens is 238 g/mol. The van der Waals surface area contributed by atoms with Gasteiger partial charge in [-0.3, -0.25) is 4.79 Å². The maximum atomic E-state index is 12.0. The van der Waals surface area contributed by atoms with Crippen LogP contribution in [0.5, 0.6) is 0 Å². The van der Waals surface area contributed by atoms with E-state index in [4.69, 9.17) is 11.6 Å². The Morgan fingerprint density at radius 3 is 2.82 bits per heavy atom. The third-order valence-electron chi connectivity index (χ3n) is 3.12. The van der Waals surface area contributed by atoms with Gasteiger partial charge in [0.05, 0.1) is 5.02 Å². The number of nitrogens with one attached hydrogen (secondary N) is 3. The van der Waals surface area contributed by atoms with E-state index in [1.54, 1.807) is 6.07 Å². The number of aromatic nitrogens is 1. The van der Waals surface area contributed by atoms with Crippen LogP contribution in [-0.2, 0) is 6.42 Å². The van der Waals surface area contributed by atoms with Crippen LogP contribution in [0.25, 0.3) is 0 Å². The van der Waals surface area contributed by atoms with Gasteiger partial charge in [-0.2, -0.15) is 0 Å². The molecule has 17 heavy (non-hydrogen) atoms. The molecule has 94 valence electrons. The summed E-state index contributed by atoms with van der Waals surface area (Å²) in [5.41, 5.74) is 1.48. The lowest BCUT2D eigenvalue weighted by Gasteiger charge is -2.23. The fourth-order valence-electron chi connectivity index (χ4n) is 2.08. The minimum Gasteiger partial charge on any atom is -0.353 e. The molecule has 0 unspecified atom stereocenters. The molecule has 1 aliphatic rings. The van der Waals surface area contributed by atoms with E-state index in [-0.39, 0.29) is 11.9 Å². The van der Waals surface area contributed by atoms with Gasteiger partial charge in [-0.15, -0.1) is 0 Å². The summed E-state index contributed by atoms with van der Waals surface area (Å²) in [4.78, 5) is 15.0. The first-order valence-corrected chi connectivity index (χ1v) is 6.47. The molecule has 5 heteroatoms. The van der Waals surface area contributed by atoms with Crippen molar-refractivity contribution in [2.75, 3.05) is 13.1 Å². The average molecular weight is 256 g/mol. The summed E-state index contributed by atoms with van der Waals surface area (Å²) < 4.78 is 0. The van der Waals surface area contributed by atoms with E-state index >= 15 is 0 Å². The zero-order chi connectivity index (χ0) is 12.3. The molecular formula is C12H18ClN3O. The fourth-order valence-corrected chi connectivity index (χ4v) is 2.37. The Bertz CT molecular complexity index is 396. The van der Waals surface area contributed by atoms with Crippen LogP contribution in [0.1, 0.15) is 35.9 Å². The molecule has 1 aliphatic heterocycles. The summed E-state index contributed by atoms with van der Waals surface area (Å²) >= 11 is 6.01. The Morgan fingerprint density at radius 2 is 2.24 bits per heavy atom. The maximum absolute atomic E-state index is 12.0. The average Bonchev–Trinajstić information content (AvgIpc) is 2.72. The highest BCUT2D eigenvalue weighted by molar-refractivity contribution is 6.31. The van der Waals surface area contributed by atoms with Crippen LogP contribution in [0.15, 0.2) is 6.07 Å². The van der Waals surface area contributed by atoms with E-state index < -0.39 is 0 Å². The molecule has 0 spiro atoms. The smallest absolute Gasteiger partial charge is 0.267 e. The van der Waals surface area contributed by atoms with Gasteiger partial charge in [0, 0.05) is 11.7 Å². The van der Waals surface area contributed by atoms with Crippen molar-refractivity contribution < 1.29 is 4.79 Å². The fraction of sp³-hybridized carbons (Fsp3) is 0.583. The van der Waals surface area contributed by atoms with Gasteiger partial charge in [0.2, 0.25) is 0 Å². The molecule has 1 aromatic rings. The Morgan fingerprint density at radius 1 is 1.53 bits per heavy atom. The SMILES string of the molecule is CCc1[nH]c(C(=O)NC2CCNCC2)cc1Cl. The van der Waals surface area contributed by atoms with E-state index in [9.17, 15) is 4.79 Å². The van der Waals surface area contributed by atoms with Crippen LogP contribution in [0.2, 0.25) is 5.02 Å². The standard InChI is InChI=1S/C12H18ClN3O/c1-2-10-9(13)7-11(16-10)12(17)15-8-3-5-14-6-4-8/h7-8,14,16H,2-6H2,1H3,(H,15,17). The molecule has 1 amide bonds. The van der Waals surface area contributed by atoms with Gasteiger partial charge in [0.1, 0.15) is 5.69 Å². The summed E-state index contributed by atoms with van der Waals surface area (Å²) in [6.45, 7) is 3.94. The second kappa shape index (κ2) is 5.56. The maximum Gasteiger partial charge on any atom is 0.267 e. The first-order valence-electron chi connectivity index (χ1n) is 6.09. The molecule has 0 atom stereocenters. The number of H-pyrrole nitrogens is 1. The summed E-state index contributed by atoms with van der Waals surface area (Å²) in [6, 6.07) is 1.98. The largest absolute Gasteiger partial charge is 0.353 e. The second-order valence-corrected chi connectivity index (χ2v) is 4.77. The lowest BCUT2D eigenvalue weighted by Crippen LogP contribution is -2.42. The van der Waals surface area contributed by atoms with E-state index in [2.05, 4.69) is 15.6 Å². The van der Waals surface area contributed by atoms with E-state index in [0.717, 1.165) is 38.0 Å². The van der Waals surface area contributed by atoms with Crippen LogP contribution in [0.4, 0.5) is 0 Å². The molecule has 1 aromatic heterocycles. The molecule has 0 radical (unpaired) electrons. The monoisotopic (exact) mass is 255 g/mol. The molecule has 0 bridgehead atoms. The zero-order valence-corrected chi connectivity index (χ0v) is 10.7. The number of hydrogen-bond donors (Lipinski definition) is 3. The van der Waals surface area contributed by atoms with Gasteiger partial charge in [-0.05, 0) is 38.4 Å². The van der Waals surface area contributed by atoms with Gasteiger partial charge in [-0.1, -0.05) is 18.5 Å². The normalized spacial score (nSPS) is 17.1. The highest BCUT2D eigenvalue weighted by Crippen LogP contribution is 2.17. The third kappa shape index (κ3) is 3.01. The third-order valence-corrected chi connectivity index (χ3v) is 3.45. The molecule has 4 nitrogen and oxygen atoms in total. The van der Waals surface area contributed by atoms with Gasteiger partial charge >= 0.3 is 0 Å². The predicted molar refractivity (Wildman–Crippen MR) is 68.5 cm³/mol. The number of halogens is 1. The number of amides is 1. The van der Waals surface area contributed by atoms with E-state index in [0.29, 0.717) is 10.7 Å². The minimum atomic E-state index is -0.0569. The molecule has 3 N–H and O–H groups in total. The van der Waals surface area contributed by atoms with Gasteiger partial charge < -0.3 is 15.6 Å². The molecule has 2 heterocycles. The number of piperidine rings is 1. The number of rotatable bonds is 3. The van der Waals surface area contributed by atoms with Crippen LogP contribution >= 0.6 is 11.6 Å². The molecule has 1 saturated heterocycles. The number of aryl methyl sites for hydroxylation is 1. The van der Waals surface area contributed by atoms with Gasteiger partial charge in [0.25, 0.3) is 5.91 Å². The van der Waals surface area contributed by atoms with Crippen molar-refractivity contribution >= 4 is 17.5 Å². The Kier molecular flexibility index (Phi) is 4.07. The molecule has 0 aromatic carbocycles. The topological polar surface area (TPSA) is 56.9 Å². The van der Waals surface area contributed by atoms with Crippen molar-refractivity contribution in [1.82, 2.24) is 15.6 Å². The van der Waals surface area contributed by atoms with Crippen molar-refractivity contribution in [3.05, 3.63) is 22.5 Å². The van der Waals surface area contributed by atoms with Crippen molar-refractivity contribution in [2.24, 2.45) is 0 Å².